The molecule has 1 amide bonds. The highest BCUT2D eigenvalue weighted by Gasteiger charge is 2.67. The van der Waals surface area contributed by atoms with Crippen molar-refractivity contribution in [2.45, 2.75) is 37.7 Å². The molecule has 1 heterocycles. The van der Waals surface area contributed by atoms with E-state index in [2.05, 4.69) is 5.32 Å². The molecule has 1 aliphatic heterocycles. The number of rotatable bonds is 4. The van der Waals surface area contributed by atoms with Crippen molar-refractivity contribution in [3.05, 3.63) is 35.9 Å². The number of ether oxygens (including phenoxy) is 3. The number of benzene rings is 1. The molecule has 6 nitrogen and oxygen atoms in total. The number of esters is 1. The monoisotopic (exact) mass is 319 g/mol. The Labute approximate surface area is 135 Å². The minimum absolute atomic E-state index is 0.149. The Morgan fingerprint density at radius 1 is 1.26 bits per heavy atom. The van der Waals surface area contributed by atoms with Gasteiger partial charge < -0.3 is 19.5 Å². The van der Waals surface area contributed by atoms with Crippen LogP contribution in [0.4, 0.5) is 0 Å². The molecule has 0 radical (unpaired) electrons. The molecule has 1 saturated carbocycles. The van der Waals surface area contributed by atoms with Gasteiger partial charge >= 0.3 is 5.97 Å². The molecular weight excluding hydrogens is 298 g/mol. The van der Waals surface area contributed by atoms with E-state index in [9.17, 15) is 9.59 Å². The Balaban J connectivity index is 1.75. The first-order valence-electron chi connectivity index (χ1n) is 7.66. The maximum absolute atomic E-state index is 12.4. The van der Waals surface area contributed by atoms with Crippen molar-refractivity contribution in [3.63, 3.8) is 0 Å². The topological polar surface area (TPSA) is 73.9 Å². The molecule has 3 atom stereocenters. The lowest BCUT2D eigenvalue weighted by atomic mass is 10.1. The minimum atomic E-state index is -1.03. The highest BCUT2D eigenvalue weighted by molar-refractivity contribution is 5.99. The summed E-state index contributed by atoms with van der Waals surface area (Å²) in [6.45, 7) is 4.06. The molecule has 1 N–H and O–H groups in total. The summed E-state index contributed by atoms with van der Waals surface area (Å²) >= 11 is 0. The number of nitrogens with one attached hydrogen (secondary N) is 1. The standard InChI is InChI=1S/C17H21NO5/c1-16(2)22-10-13(23-16)12-9-17(12,15(20)21-3)18-14(19)11-7-5-4-6-8-11/h4-8,12-13H,9-10H2,1-3H3,(H,18,19)/t12-,13+,17-/m0/s1. The van der Waals surface area contributed by atoms with Crippen molar-refractivity contribution in [2.75, 3.05) is 13.7 Å². The fourth-order valence-corrected chi connectivity index (χ4v) is 3.13. The predicted molar refractivity (Wildman–Crippen MR) is 81.7 cm³/mol. The normalized spacial score (nSPS) is 31.4. The van der Waals surface area contributed by atoms with Crippen molar-refractivity contribution < 1.29 is 23.8 Å². The Morgan fingerprint density at radius 3 is 2.52 bits per heavy atom. The van der Waals surface area contributed by atoms with Crippen molar-refractivity contribution >= 4 is 11.9 Å². The zero-order valence-corrected chi connectivity index (χ0v) is 13.5. The largest absolute Gasteiger partial charge is 0.467 e. The lowest BCUT2D eigenvalue weighted by Crippen LogP contribution is -2.47. The van der Waals surface area contributed by atoms with Crippen LogP contribution in [0.25, 0.3) is 0 Å². The van der Waals surface area contributed by atoms with Gasteiger partial charge in [0.1, 0.15) is 5.54 Å². The van der Waals surface area contributed by atoms with Gasteiger partial charge in [-0.15, -0.1) is 0 Å². The molecule has 0 bridgehead atoms. The lowest BCUT2D eigenvalue weighted by Gasteiger charge is -2.21. The predicted octanol–water partition coefficient (Wildman–Crippen LogP) is 1.50. The first-order valence-corrected chi connectivity index (χ1v) is 7.66. The first kappa shape index (κ1) is 16.0. The molecule has 124 valence electrons. The van der Waals surface area contributed by atoms with Gasteiger partial charge in [0, 0.05) is 11.5 Å². The van der Waals surface area contributed by atoms with Crippen molar-refractivity contribution in [1.29, 1.82) is 0 Å². The van der Waals surface area contributed by atoms with Gasteiger partial charge in [-0.25, -0.2) is 4.79 Å². The first-order chi connectivity index (χ1) is 10.9. The number of methoxy groups -OCH3 is 1. The Kier molecular flexibility index (Phi) is 3.90. The average molecular weight is 319 g/mol. The van der Waals surface area contributed by atoms with E-state index < -0.39 is 17.3 Å². The van der Waals surface area contributed by atoms with E-state index in [-0.39, 0.29) is 17.9 Å². The molecule has 0 spiro atoms. The fourth-order valence-electron chi connectivity index (χ4n) is 3.13. The molecule has 1 aromatic rings. The van der Waals surface area contributed by atoms with Crippen molar-refractivity contribution in [3.8, 4) is 0 Å². The maximum atomic E-state index is 12.4. The van der Waals surface area contributed by atoms with E-state index in [1.54, 1.807) is 24.3 Å². The zero-order valence-electron chi connectivity index (χ0n) is 13.5. The summed E-state index contributed by atoms with van der Waals surface area (Å²) in [4.78, 5) is 24.7. The molecule has 6 heteroatoms. The second kappa shape index (κ2) is 5.62. The minimum Gasteiger partial charge on any atom is -0.467 e. The van der Waals surface area contributed by atoms with Crippen molar-refractivity contribution in [1.82, 2.24) is 5.32 Å². The molecule has 1 saturated heterocycles. The molecule has 0 unspecified atom stereocenters. The van der Waals surface area contributed by atoms with Gasteiger partial charge in [0.15, 0.2) is 5.79 Å². The smallest absolute Gasteiger partial charge is 0.331 e. The number of carbonyl (C=O) groups is 2. The van der Waals surface area contributed by atoms with Crippen LogP contribution in [0.5, 0.6) is 0 Å². The van der Waals surface area contributed by atoms with Crippen molar-refractivity contribution in [2.24, 2.45) is 5.92 Å². The third-order valence-corrected chi connectivity index (χ3v) is 4.42. The summed E-state index contributed by atoms with van der Waals surface area (Å²) in [5.74, 6) is -1.56. The fraction of sp³-hybridized carbons (Fsp3) is 0.529. The maximum Gasteiger partial charge on any atom is 0.331 e. The van der Waals surface area contributed by atoms with E-state index in [1.807, 2.05) is 19.9 Å². The summed E-state index contributed by atoms with van der Waals surface area (Å²) < 4.78 is 16.3. The molecule has 3 rings (SSSR count). The lowest BCUT2D eigenvalue weighted by molar-refractivity contribution is -0.149. The summed E-state index contributed by atoms with van der Waals surface area (Å²) in [7, 11) is 1.32. The van der Waals surface area contributed by atoms with Crippen LogP contribution in [-0.2, 0) is 19.0 Å². The molecule has 2 fully saturated rings. The second-order valence-corrected chi connectivity index (χ2v) is 6.46. The zero-order chi connectivity index (χ0) is 16.7. The molecule has 0 aromatic heterocycles. The van der Waals surface area contributed by atoms with E-state index in [1.165, 1.54) is 7.11 Å². The average Bonchev–Trinajstić information content (AvgIpc) is 3.15. The number of carbonyl (C=O) groups excluding carboxylic acids is 2. The highest BCUT2D eigenvalue weighted by Crippen LogP contribution is 2.50. The number of hydrogen-bond donors (Lipinski definition) is 1. The summed E-state index contributed by atoms with van der Waals surface area (Å²) in [5, 5.41) is 2.84. The quantitative estimate of drug-likeness (QED) is 0.851. The van der Waals surface area contributed by atoms with Crippen LogP contribution in [0.2, 0.25) is 0 Å². The summed E-state index contributed by atoms with van der Waals surface area (Å²) in [6.07, 6.45) is 0.252. The summed E-state index contributed by atoms with van der Waals surface area (Å²) in [6, 6.07) is 8.80. The van der Waals surface area contributed by atoms with Crippen LogP contribution in [0.3, 0.4) is 0 Å². The second-order valence-electron chi connectivity index (χ2n) is 6.46. The van der Waals surface area contributed by atoms with Gasteiger partial charge in [-0.05, 0) is 32.4 Å². The van der Waals surface area contributed by atoms with Gasteiger partial charge in [0.25, 0.3) is 5.91 Å². The number of amides is 1. The van der Waals surface area contributed by atoms with Crippen LogP contribution >= 0.6 is 0 Å². The van der Waals surface area contributed by atoms with E-state index >= 15 is 0 Å². The molecule has 2 aliphatic rings. The van der Waals surface area contributed by atoms with E-state index in [0.717, 1.165) is 0 Å². The van der Waals surface area contributed by atoms with Crippen LogP contribution in [0.1, 0.15) is 30.6 Å². The van der Waals surface area contributed by atoms with Crippen LogP contribution in [0.15, 0.2) is 30.3 Å². The van der Waals surface area contributed by atoms with Crippen LogP contribution < -0.4 is 5.32 Å². The summed E-state index contributed by atoms with van der Waals surface area (Å²) in [5.41, 5.74) is -0.527. The third-order valence-electron chi connectivity index (χ3n) is 4.42. The Hall–Kier alpha value is -1.92. The SMILES string of the molecule is COC(=O)[C@]1(NC(=O)c2ccccc2)C[C@H]1[C@H]1COC(C)(C)O1. The van der Waals surface area contributed by atoms with E-state index in [4.69, 9.17) is 14.2 Å². The third kappa shape index (κ3) is 2.96. The van der Waals surface area contributed by atoms with Gasteiger partial charge in [-0.3, -0.25) is 4.79 Å². The molecular formula is C17H21NO5. The number of hydrogen-bond acceptors (Lipinski definition) is 5. The molecule has 23 heavy (non-hydrogen) atoms. The van der Waals surface area contributed by atoms with Gasteiger partial charge in [-0.2, -0.15) is 0 Å². The molecule has 1 aliphatic carbocycles. The van der Waals surface area contributed by atoms with Crippen LogP contribution in [-0.4, -0.2) is 43.0 Å². The Morgan fingerprint density at radius 2 is 1.96 bits per heavy atom. The Bertz CT molecular complexity index is 615. The molecule has 1 aromatic carbocycles. The van der Waals surface area contributed by atoms with Crippen LogP contribution in [0, 0.1) is 5.92 Å². The highest BCUT2D eigenvalue weighted by atomic mass is 16.7. The van der Waals surface area contributed by atoms with E-state index in [0.29, 0.717) is 18.6 Å². The van der Waals surface area contributed by atoms with Gasteiger partial charge in [0.05, 0.1) is 19.8 Å². The van der Waals surface area contributed by atoms with Gasteiger partial charge in [-0.1, -0.05) is 18.2 Å². The van der Waals surface area contributed by atoms with Gasteiger partial charge in [0.2, 0.25) is 0 Å².